The first-order chi connectivity index (χ1) is 6.02. The van der Waals surface area contributed by atoms with E-state index in [9.17, 15) is 9.90 Å². The molecule has 0 aliphatic heterocycles. The van der Waals surface area contributed by atoms with E-state index < -0.39 is 11.6 Å². The first kappa shape index (κ1) is 9.67. The number of carbonyl (C=O) groups is 1. The van der Waals surface area contributed by atoms with Crippen LogP contribution in [0, 0.1) is 0 Å². The highest BCUT2D eigenvalue weighted by molar-refractivity contribution is 5.68. The molecular formula is C9H11NO3. The van der Waals surface area contributed by atoms with Gasteiger partial charge in [-0.05, 0) is 24.6 Å². The van der Waals surface area contributed by atoms with Crippen LogP contribution in [0.3, 0.4) is 0 Å². The lowest BCUT2D eigenvalue weighted by Gasteiger charge is -2.20. The zero-order chi connectivity index (χ0) is 9.90. The molecule has 0 saturated carbocycles. The van der Waals surface area contributed by atoms with Crippen molar-refractivity contribution >= 4 is 5.97 Å². The number of pyridine rings is 1. The highest BCUT2D eigenvalue weighted by Gasteiger charge is 2.25. The van der Waals surface area contributed by atoms with E-state index in [0.29, 0.717) is 5.56 Å². The molecule has 4 nitrogen and oxygen atoms in total. The highest BCUT2D eigenvalue weighted by Crippen LogP contribution is 2.23. The number of carboxylic acid groups (broad SMARTS) is 1. The van der Waals surface area contributed by atoms with Gasteiger partial charge >= 0.3 is 5.97 Å². The second-order valence-electron chi connectivity index (χ2n) is 3.08. The summed E-state index contributed by atoms with van der Waals surface area (Å²) >= 11 is 0. The first-order valence-electron chi connectivity index (χ1n) is 3.87. The van der Waals surface area contributed by atoms with Crippen molar-refractivity contribution in [3.05, 3.63) is 30.1 Å². The zero-order valence-corrected chi connectivity index (χ0v) is 7.27. The van der Waals surface area contributed by atoms with Crippen LogP contribution in [0.5, 0.6) is 0 Å². The van der Waals surface area contributed by atoms with Crippen molar-refractivity contribution in [1.29, 1.82) is 0 Å². The molecular weight excluding hydrogens is 170 g/mol. The summed E-state index contributed by atoms with van der Waals surface area (Å²) < 4.78 is 0. The Kier molecular flexibility index (Phi) is 2.63. The molecule has 2 N–H and O–H groups in total. The van der Waals surface area contributed by atoms with Crippen LogP contribution in [-0.4, -0.2) is 21.2 Å². The quantitative estimate of drug-likeness (QED) is 0.722. The minimum atomic E-state index is -1.32. The highest BCUT2D eigenvalue weighted by atomic mass is 16.4. The molecule has 0 unspecified atom stereocenters. The molecule has 0 amide bonds. The summed E-state index contributed by atoms with van der Waals surface area (Å²) in [4.78, 5) is 14.2. The molecule has 70 valence electrons. The molecule has 1 aromatic heterocycles. The number of aliphatic carboxylic acids is 1. The average molecular weight is 181 g/mol. The van der Waals surface area contributed by atoms with E-state index in [2.05, 4.69) is 4.98 Å². The number of aromatic nitrogens is 1. The van der Waals surface area contributed by atoms with Gasteiger partial charge in [-0.1, -0.05) is 0 Å². The van der Waals surface area contributed by atoms with E-state index in [0.717, 1.165) is 0 Å². The van der Waals surface area contributed by atoms with Gasteiger partial charge in [0.2, 0.25) is 0 Å². The Labute approximate surface area is 75.9 Å². The lowest BCUT2D eigenvalue weighted by atomic mass is 9.94. The maximum atomic E-state index is 10.4. The molecule has 0 saturated heterocycles. The molecule has 0 bridgehead atoms. The van der Waals surface area contributed by atoms with E-state index in [1.165, 1.54) is 19.3 Å². The summed E-state index contributed by atoms with van der Waals surface area (Å²) in [6.45, 7) is 1.47. The Morgan fingerprint density at radius 1 is 1.54 bits per heavy atom. The predicted octanol–water partition coefficient (Wildman–Crippen LogP) is 0.764. The Morgan fingerprint density at radius 3 is 2.54 bits per heavy atom. The first-order valence-corrected chi connectivity index (χ1v) is 3.87. The third-order valence-electron chi connectivity index (χ3n) is 1.80. The SMILES string of the molecule is C[C@](O)(CC(=O)O)c1ccncc1. The zero-order valence-electron chi connectivity index (χ0n) is 7.27. The molecule has 0 fully saturated rings. The molecule has 4 heteroatoms. The standard InChI is InChI=1S/C9H11NO3/c1-9(13,6-8(11)12)7-2-4-10-5-3-7/h2-5,13H,6H2,1H3,(H,11,12)/t9-/m0/s1. The summed E-state index contributed by atoms with van der Waals surface area (Å²) in [5, 5.41) is 18.3. The molecule has 1 rings (SSSR count). The van der Waals surface area contributed by atoms with E-state index in [-0.39, 0.29) is 6.42 Å². The molecule has 0 radical (unpaired) electrons. The van der Waals surface area contributed by atoms with Gasteiger partial charge in [0.15, 0.2) is 0 Å². The molecule has 1 heterocycles. The molecule has 0 spiro atoms. The van der Waals surface area contributed by atoms with E-state index in [4.69, 9.17) is 5.11 Å². The summed E-state index contributed by atoms with van der Waals surface area (Å²) in [7, 11) is 0. The van der Waals surface area contributed by atoms with Crippen molar-refractivity contribution in [1.82, 2.24) is 4.98 Å². The number of carboxylic acids is 1. The fraction of sp³-hybridized carbons (Fsp3) is 0.333. The fourth-order valence-corrected chi connectivity index (χ4v) is 1.11. The average Bonchev–Trinajstić information content (AvgIpc) is 2.04. The van der Waals surface area contributed by atoms with Crippen LogP contribution in [0.1, 0.15) is 18.9 Å². The van der Waals surface area contributed by atoms with Gasteiger partial charge in [0.1, 0.15) is 0 Å². The summed E-state index contributed by atoms with van der Waals surface area (Å²) in [6, 6.07) is 3.20. The number of nitrogens with zero attached hydrogens (tertiary/aromatic N) is 1. The molecule has 0 aliphatic rings. The largest absolute Gasteiger partial charge is 0.481 e. The predicted molar refractivity (Wildman–Crippen MR) is 46.1 cm³/mol. The Hall–Kier alpha value is -1.42. The molecule has 0 aromatic carbocycles. The van der Waals surface area contributed by atoms with Crippen molar-refractivity contribution in [3.63, 3.8) is 0 Å². The number of hydrogen-bond donors (Lipinski definition) is 2. The summed E-state index contributed by atoms with van der Waals surface area (Å²) in [5.74, 6) is -1.03. The third kappa shape index (κ3) is 2.52. The summed E-state index contributed by atoms with van der Waals surface area (Å²) in [6.07, 6.45) is 2.73. The lowest BCUT2D eigenvalue weighted by Crippen LogP contribution is -2.24. The van der Waals surface area contributed by atoms with E-state index >= 15 is 0 Å². The van der Waals surface area contributed by atoms with E-state index in [1.807, 2.05) is 0 Å². The van der Waals surface area contributed by atoms with E-state index in [1.54, 1.807) is 12.1 Å². The molecule has 1 atom stereocenters. The van der Waals surface area contributed by atoms with Crippen LogP contribution >= 0.6 is 0 Å². The fourth-order valence-electron chi connectivity index (χ4n) is 1.11. The maximum Gasteiger partial charge on any atom is 0.306 e. The lowest BCUT2D eigenvalue weighted by molar-refractivity contribution is -0.142. The molecule has 1 aromatic rings. The summed E-state index contributed by atoms with van der Waals surface area (Å²) in [5.41, 5.74) is -0.765. The Balaban J connectivity index is 2.87. The minimum Gasteiger partial charge on any atom is -0.481 e. The van der Waals surface area contributed by atoms with Gasteiger partial charge in [0, 0.05) is 12.4 Å². The van der Waals surface area contributed by atoms with Gasteiger partial charge < -0.3 is 10.2 Å². The van der Waals surface area contributed by atoms with Crippen molar-refractivity contribution in [3.8, 4) is 0 Å². The molecule has 13 heavy (non-hydrogen) atoms. The monoisotopic (exact) mass is 181 g/mol. The van der Waals surface area contributed by atoms with Gasteiger partial charge in [0.05, 0.1) is 12.0 Å². The minimum absolute atomic E-state index is 0.309. The van der Waals surface area contributed by atoms with Crippen LogP contribution in [0.4, 0.5) is 0 Å². The van der Waals surface area contributed by atoms with Crippen molar-refractivity contribution in [2.24, 2.45) is 0 Å². The Bertz CT molecular complexity index is 295. The van der Waals surface area contributed by atoms with Crippen LogP contribution in [-0.2, 0) is 10.4 Å². The van der Waals surface area contributed by atoms with Gasteiger partial charge in [-0.25, -0.2) is 0 Å². The maximum absolute atomic E-state index is 10.4. The van der Waals surface area contributed by atoms with Gasteiger partial charge in [0.25, 0.3) is 0 Å². The number of hydrogen-bond acceptors (Lipinski definition) is 3. The van der Waals surface area contributed by atoms with Crippen molar-refractivity contribution in [2.45, 2.75) is 18.9 Å². The normalized spacial score (nSPS) is 14.9. The number of rotatable bonds is 3. The smallest absolute Gasteiger partial charge is 0.306 e. The second kappa shape index (κ2) is 3.53. The van der Waals surface area contributed by atoms with Gasteiger partial charge in [-0.15, -0.1) is 0 Å². The second-order valence-corrected chi connectivity index (χ2v) is 3.08. The van der Waals surface area contributed by atoms with Crippen LogP contribution < -0.4 is 0 Å². The van der Waals surface area contributed by atoms with Crippen LogP contribution in [0.15, 0.2) is 24.5 Å². The topological polar surface area (TPSA) is 70.4 Å². The van der Waals surface area contributed by atoms with Crippen molar-refractivity contribution < 1.29 is 15.0 Å². The van der Waals surface area contributed by atoms with Crippen molar-refractivity contribution in [2.75, 3.05) is 0 Å². The van der Waals surface area contributed by atoms with Gasteiger partial charge in [-0.3, -0.25) is 9.78 Å². The number of aliphatic hydroxyl groups is 1. The molecule has 0 aliphatic carbocycles. The van der Waals surface area contributed by atoms with Crippen LogP contribution in [0.25, 0.3) is 0 Å². The van der Waals surface area contributed by atoms with Gasteiger partial charge in [-0.2, -0.15) is 0 Å². The third-order valence-corrected chi connectivity index (χ3v) is 1.80. The Morgan fingerprint density at radius 2 is 2.08 bits per heavy atom. The van der Waals surface area contributed by atoms with Crippen LogP contribution in [0.2, 0.25) is 0 Å².